The first-order chi connectivity index (χ1) is 7.20. The van der Waals surface area contributed by atoms with E-state index in [0.29, 0.717) is 5.15 Å². The van der Waals surface area contributed by atoms with Gasteiger partial charge in [0.15, 0.2) is 0 Å². The number of benzene rings is 1. The Balaban J connectivity index is 0.000000531. The summed E-state index contributed by atoms with van der Waals surface area (Å²) in [6, 6.07) is 8.03. The molecular formula is C12H13ClIN. The molecule has 15 heavy (non-hydrogen) atoms. The molecule has 1 nitrogen and oxygen atoms in total. The molecule has 0 unspecified atom stereocenters. The molecule has 0 saturated carbocycles. The number of pyridine rings is 1. The summed E-state index contributed by atoms with van der Waals surface area (Å²) in [5.41, 5.74) is 2.17. The van der Waals surface area contributed by atoms with Crippen LogP contribution in [0.5, 0.6) is 0 Å². The standard InChI is InChI=1S/C10H7ClIN.C2H6/c1-6-7-4-2-3-5-8(7)13-10(11)9(6)12;1-2/h2-5H,1H3;1-2H3. The number of aromatic nitrogens is 1. The molecule has 0 bridgehead atoms. The third-order valence-electron chi connectivity index (χ3n) is 2.04. The fraction of sp³-hybridized carbons (Fsp3) is 0.250. The fourth-order valence-electron chi connectivity index (χ4n) is 1.32. The monoisotopic (exact) mass is 333 g/mol. The molecule has 3 heteroatoms. The van der Waals surface area contributed by atoms with Crippen LogP contribution >= 0.6 is 34.2 Å². The summed E-state index contributed by atoms with van der Waals surface area (Å²) in [6.07, 6.45) is 0. The predicted molar refractivity (Wildman–Crippen MR) is 75.6 cm³/mol. The number of halogens is 2. The third-order valence-corrected chi connectivity index (χ3v) is 3.95. The van der Waals surface area contributed by atoms with Gasteiger partial charge < -0.3 is 0 Å². The van der Waals surface area contributed by atoms with Crippen molar-refractivity contribution in [3.63, 3.8) is 0 Å². The summed E-state index contributed by atoms with van der Waals surface area (Å²) in [5.74, 6) is 0. The summed E-state index contributed by atoms with van der Waals surface area (Å²) < 4.78 is 1.04. The van der Waals surface area contributed by atoms with Crippen LogP contribution in [0.2, 0.25) is 5.15 Å². The second-order valence-electron chi connectivity index (χ2n) is 2.86. The lowest BCUT2D eigenvalue weighted by Crippen LogP contribution is -1.89. The average Bonchev–Trinajstić information content (AvgIpc) is 2.29. The number of aryl methyl sites for hydroxylation is 1. The Hall–Kier alpha value is -0.350. The molecule has 0 saturated heterocycles. The highest BCUT2D eigenvalue weighted by Crippen LogP contribution is 2.26. The summed E-state index contributed by atoms with van der Waals surface area (Å²) in [6.45, 7) is 6.07. The van der Waals surface area contributed by atoms with E-state index in [0.717, 1.165) is 9.09 Å². The molecule has 2 rings (SSSR count). The molecule has 80 valence electrons. The maximum absolute atomic E-state index is 5.97. The van der Waals surface area contributed by atoms with Crippen molar-refractivity contribution in [3.05, 3.63) is 38.6 Å². The van der Waals surface area contributed by atoms with Crippen LogP contribution in [0.15, 0.2) is 24.3 Å². The normalized spacial score (nSPS) is 9.67. The van der Waals surface area contributed by atoms with Crippen LogP contribution in [0, 0.1) is 10.5 Å². The summed E-state index contributed by atoms with van der Waals surface area (Å²) in [4.78, 5) is 4.29. The molecule has 2 aromatic rings. The molecular weight excluding hydrogens is 320 g/mol. The minimum absolute atomic E-state index is 0.594. The maximum Gasteiger partial charge on any atom is 0.143 e. The topological polar surface area (TPSA) is 12.9 Å². The van der Waals surface area contributed by atoms with E-state index in [1.165, 1.54) is 10.9 Å². The molecule has 0 aliphatic carbocycles. The molecule has 0 atom stereocenters. The Labute approximate surface area is 109 Å². The van der Waals surface area contributed by atoms with Crippen molar-refractivity contribution in [2.75, 3.05) is 0 Å². The summed E-state index contributed by atoms with van der Waals surface area (Å²) in [5, 5.41) is 1.77. The quantitative estimate of drug-likeness (QED) is 0.497. The van der Waals surface area contributed by atoms with E-state index in [9.17, 15) is 0 Å². The lowest BCUT2D eigenvalue weighted by Gasteiger charge is -2.04. The van der Waals surface area contributed by atoms with E-state index in [1.807, 2.05) is 32.0 Å². The smallest absolute Gasteiger partial charge is 0.143 e. The zero-order valence-electron chi connectivity index (χ0n) is 9.01. The van der Waals surface area contributed by atoms with Gasteiger partial charge in [0.05, 0.1) is 9.09 Å². The van der Waals surface area contributed by atoms with Gasteiger partial charge in [-0.1, -0.05) is 43.6 Å². The van der Waals surface area contributed by atoms with E-state index >= 15 is 0 Å². The first-order valence-electron chi connectivity index (χ1n) is 4.90. The summed E-state index contributed by atoms with van der Waals surface area (Å²) in [7, 11) is 0. The van der Waals surface area contributed by atoms with Gasteiger partial charge >= 0.3 is 0 Å². The fourth-order valence-corrected chi connectivity index (χ4v) is 1.96. The number of hydrogen-bond acceptors (Lipinski definition) is 1. The maximum atomic E-state index is 5.97. The second-order valence-corrected chi connectivity index (χ2v) is 4.30. The lowest BCUT2D eigenvalue weighted by molar-refractivity contribution is 1.33. The third kappa shape index (κ3) is 2.61. The van der Waals surface area contributed by atoms with Gasteiger partial charge in [-0.2, -0.15) is 0 Å². The van der Waals surface area contributed by atoms with Crippen molar-refractivity contribution < 1.29 is 0 Å². The lowest BCUT2D eigenvalue weighted by atomic mass is 10.1. The number of fused-ring (bicyclic) bond motifs is 1. The average molecular weight is 334 g/mol. The van der Waals surface area contributed by atoms with E-state index in [-0.39, 0.29) is 0 Å². The van der Waals surface area contributed by atoms with E-state index in [1.54, 1.807) is 0 Å². The molecule has 0 spiro atoms. The second kappa shape index (κ2) is 5.66. The van der Waals surface area contributed by atoms with Crippen LogP contribution in [0.1, 0.15) is 19.4 Å². The summed E-state index contributed by atoms with van der Waals surface area (Å²) >= 11 is 8.20. The zero-order chi connectivity index (χ0) is 11.4. The van der Waals surface area contributed by atoms with E-state index in [4.69, 9.17) is 11.6 Å². The Kier molecular flexibility index (Phi) is 4.80. The number of rotatable bonds is 0. The van der Waals surface area contributed by atoms with Crippen molar-refractivity contribution in [2.45, 2.75) is 20.8 Å². The molecule has 0 radical (unpaired) electrons. The molecule has 0 fully saturated rings. The molecule has 1 heterocycles. The van der Waals surface area contributed by atoms with Crippen molar-refractivity contribution in [1.82, 2.24) is 4.98 Å². The van der Waals surface area contributed by atoms with E-state index in [2.05, 4.69) is 40.6 Å². The molecule has 0 N–H and O–H groups in total. The molecule has 0 aliphatic rings. The van der Waals surface area contributed by atoms with Crippen LogP contribution in [0.25, 0.3) is 10.9 Å². The minimum Gasteiger partial charge on any atom is -0.235 e. The van der Waals surface area contributed by atoms with Crippen molar-refractivity contribution in [1.29, 1.82) is 0 Å². The minimum atomic E-state index is 0.594. The number of hydrogen-bond donors (Lipinski definition) is 0. The zero-order valence-corrected chi connectivity index (χ0v) is 11.9. The van der Waals surface area contributed by atoms with Gasteiger partial charge in [0.25, 0.3) is 0 Å². The number of para-hydroxylation sites is 1. The van der Waals surface area contributed by atoms with Gasteiger partial charge in [-0.15, -0.1) is 0 Å². The highest BCUT2D eigenvalue weighted by molar-refractivity contribution is 14.1. The first kappa shape index (κ1) is 12.7. The van der Waals surface area contributed by atoms with Gasteiger partial charge in [0, 0.05) is 5.39 Å². The Morgan fingerprint density at radius 3 is 2.47 bits per heavy atom. The van der Waals surface area contributed by atoms with Crippen LogP contribution in [0.4, 0.5) is 0 Å². The Bertz CT molecular complexity index is 468. The van der Waals surface area contributed by atoms with Gasteiger partial charge in [-0.05, 0) is 41.1 Å². The van der Waals surface area contributed by atoms with Gasteiger partial charge in [-0.25, -0.2) is 4.98 Å². The highest BCUT2D eigenvalue weighted by Gasteiger charge is 2.06. The molecule has 1 aromatic heterocycles. The van der Waals surface area contributed by atoms with Gasteiger partial charge in [0.1, 0.15) is 5.15 Å². The van der Waals surface area contributed by atoms with Gasteiger partial charge in [0.2, 0.25) is 0 Å². The Morgan fingerprint density at radius 1 is 1.20 bits per heavy atom. The van der Waals surface area contributed by atoms with Crippen molar-refractivity contribution >= 4 is 45.1 Å². The van der Waals surface area contributed by atoms with Crippen LogP contribution < -0.4 is 0 Å². The Morgan fingerprint density at radius 2 is 1.80 bits per heavy atom. The first-order valence-corrected chi connectivity index (χ1v) is 6.36. The van der Waals surface area contributed by atoms with Crippen molar-refractivity contribution in [3.8, 4) is 0 Å². The molecule has 0 aliphatic heterocycles. The van der Waals surface area contributed by atoms with Crippen LogP contribution in [-0.4, -0.2) is 4.98 Å². The molecule has 0 amide bonds. The van der Waals surface area contributed by atoms with Crippen LogP contribution in [0.3, 0.4) is 0 Å². The van der Waals surface area contributed by atoms with Crippen molar-refractivity contribution in [2.24, 2.45) is 0 Å². The predicted octanol–water partition coefficient (Wildman–Crippen LogP) is 4.83. The molecule has 1 aromatic carbocycles. The largest absolute Gasteiger partial charge is 0.235 e. The van der Waals surface area contributed by atoms with E-state index < -0.39 is 0 Å². The number of nitrogens with zero attached hydrogens (tertiary/aromatic N) is 1. The van der Waals surface area contributed by atoms with Crippen LogP contribution in [-0.2, 0) is 0 Å². The van der Waals surface area contributed by atoms with Gasteiger partial charge in [-0.3, -0.25) is 0 Å². The highest BCUT2D eigenvalue weighted by atomic mass is 127. The SMILES string of the molecule is CC.Cc1c(I)c(Cl)nc2ccccc12.